The van der Waals surface area contributed by atoms with Gasteiger partial charge in [0.2, 0.25) is 0 Å². The third-order valence-corrected chi connectivity index (χ3v) is 2.89. The molecule has 15 heavy (non-hydrogen) atoms. The zero-order chi connectivity index (χ0) is 10.8. The Labute approximate surface area is 93.9 Å². The van der Waals surface area contributed by atoms with Gasteiger partial charge >= 0.3 is 0 Å². The maximum Gasteiger partial charge on any atom is 0.268 e. The zero-order valence-electron chi connectivity index (χ0n) is 7.98. The van der Waals surface area contributed by atoms with Crippen molar-refractivity contribution in [3.8, 4) is 0 Å². The normalized spacial score (nSPS) is 10.5. The van der Waals surface area contributed by atoms with Gasteiger partial charge in [-0.2, -0.15) is 0 Å². The molecule has 0 aliphatic carbocycles. The number of hydrogen-bond acceptors (Lipinski definition) is 4. The molecule has 6 heteroatoms. The van der Waals surface area contributed by atoms with Gasteiger partial charge < -0.3 is 4.52 Å². The molecular formula is C9H8BrN3O2. The summed E-state index contributed by atoms with van der Waals surface area (Å²) in [4.78, 5) is 15.8. The molecule has 0 fully saturated rings. The van der Waals surface area contributed by atoms with E-state index in [1.54, 1.807) is 13.0 Å². The van der Waals surface area contributed by atoms with E-state index in [-0.39, 0.29) is 5.56 Å². The van der Waals surface area contributed by atoms with Crippen LogP contribution in [0.15, 0.2) is 32.4 Å². The van der Waals surface area contributed by atoms with E-state index >= 15 is 0 Å². The quantitative estimate of drug-likeness (QED) is 0.826. The smallest absolute Gasteiger partial charge is 0.268 e. The Balaban J connectivity index is 2.38. The lowest BCUT2D eigenvalue weighted by Gasteiger charge is -2.03. The van der Waals surface area contributed by atoms with Gasteiger partial charge in [0.05, 0.1) is 24.8 Å². The van der Waals surface area contributed by atoms with Gasteiger partial charge in [0.1, 0.15) is 4.47 Å². The van der Waals surface area contributed by atoms with Crippen LogP contribution in [0.25, 0.3) is 0 Å². The van der Waals surface area contributed by atoms with Crippen LogP contribution < -0.4 is 5.56 Å². The maximum atomic E-state index is 11.7. The monoisotopic (exact) mass is 269 g/mol. The third kappa shape index (κ3) is 1.99. The summed E-state index contributed by atoms with van der Waals surface area (Å²) < 4.78 is 6.84. The standard InChI is InChI=1S/C9H8BrN3O2/c1-6-8(10)9(14)13(5-11-6)4-7-2-3-12-15-7/h2-3,5H,4H2,1H3. The molecule has 0 bridgehead atoms. The van der Waals surface area contributed by atoms with Crippen molar-refractivity contribution in [1.29, 1.82) is 0 Å². The van der Waals surface area contributed by atoms with E-state index in [1.807, 2.05) is 0 Å². The van der Waals surface area contributed by atoms with Crippen LogP contribution in [-0.2, 0) is 6.54 Å². The van der Waals surface area contributed by atoms with Crippen molar-refractivity contribution in [1.82, 2.24) is 14.7 Å². The van der Waals surface area contributed by atoms with Gasteiger partial charge in [0.25, 0.3) is 5.56 Å². The van der Waals surface area contributed by atoms with Crippen molar-refractivity contribution in [2.45, 2.75) is 13.5 Å². The number of halogens is 1. The molecule has 0 saturated carbocycles. The molecule has 0 spiro atoms. The highest BCUT2D eigenvalue weighted by Crippen LogP contribution is 2.07. The predicted molar refractivity (Wildman–Crippen MR) is 56.5 cm³/mol. The highest BCUT2D eigenvalue weighted by atomic mass is 79.9. The summed E-state index contributed by atoms with van der Waals surface area (Å²) in [7, 11) is 0. The second kappa shape index (κ2) is 3.98. The van der Waals surface area contributed by atoms with E-state index in [0.29, 0.717) is 22.5 Å². The highest BCUT2D eigenvalue weighted by molar-refractivity contribution is 9.10. The molecule has 0 unspecified atom stereocenters. The molecule has 2 heterocycles. The van der Waals surface area contributed by atoms with E-state index in [1.165, 1.54) is 17.1 Å². The summed E-state index contributed by atoms with van der Waals surface area (Å²) in [6.45, 7) is 2.11. The number of hydrogen-bond donors (Lipinski definition) is 0. The summed E-state index contributed by atoms with van der Waals surface area (Å²) in [5.41, 5.74) is 0.549. The molecule has 0 aromatic carbocycles. The van der Waals surface area contributed by atoms with E-state index in [0.717, 1.165) is 0 Å². The van der Waals surface area contributed by atoms with Gasteiger partial charge in [-0.05, 0) is 22.9 Å². The SMILES string of the molecule is Cc1ncn(Cc2ccno2)c(=O)c1Br. The molecule has 5 nitrogen and oxygen atoms in total. The van der Waals surface area contributed by atoms with Crippen molar-refractivity contribution >= 4 is 15.9 Å². The second-order valence-electron chi connectivity index (χ2n) is 3.06. The molecule has 0 aliphatic rings. The lowest BCUT2D eigenvalue weighted by molar-refractivity contribution is 0.374. The second-order valence-corrected chi connectivity index (χ2v) is 3.85. The minimum absolute atomic E-state index is 0.126. The average Bonchev–Trinajstić information content (AvgIpc) is 2.72. The number of aryl methyl sites for hydroxylation is 1. The Morgan fingerprint density at radius 2 is 2.40 bits per heavy atom. The molecule has 0 aliphatic heterocycles. The molecule has 0 amide bonds. The van der Waals surface area contributed by atoms with Gasteiger partial charge in [-0.3, -0.25) is 9.36 Å². The fourth-order valence-electron chi connectivity index (χ4n) is 1.15. The van der Waals surface area contributed by atoms with E-state index in [2.05, 4.69) is 26.1 Å². The Kier molecular flexibility index (Phi) is 2.68. The van der Waals surface area contributed by atoms with Crippen molar-refractivity contribution in [3.63, 3.8) is 0 Å². The summed E-state index contributed by atoms with van der Waals surface area (Å²) in [5, 5.41) is 3.57. The van der Waals surface area contributed by atoms with E-state index in [4.69, 9.17) is 4.52 Å². The van der Waals surface area contributed by atoms with Crippen LogP contribution in [0.5, 0.6) is 0 Å². The first-order valence-corrected chi connectivity index (χ1v) is 5.09. The third-order valence-electron chi connectivity index (χ3n) is 1.97. The summed E-state index contributed by atoms with van der Waals surface area (Å²) >= 11 is 3.19. The van der Waals surface area contributed by atoms with Crippen molar-refractivity contribution in [2.24, 2.45) is 0 Å². The summed E-state index contributed by atoms with van der Waals surface area (Å²) in [5.74, 6) is 0.620. The van der Waals surface area contributed by atoms with Crippen molar-refractivity contribution in [2.75, 3.05) is 0 Å². The van der Waals surface area contributed by atoms with Crippen molar-refractivity contribution < 1.29 is 4.52 Å². The topological polar surface area (TPSA) is 60.9 Å². The largest absolute Gasteiger partial charge is 0.359 e. The van der Waals surface area contributed by atoms with Gasteiger partial charge in [0.15, 0.2) is 5.76 Å². The molecule has 2 rings (SSSR count). The molecule has 78 valence electrons. The molecule has 2 aromatic rings. The van der Waals surface area contributed by atoms with Gasteiger partial charge in [-0.25, -0.2) is 4.98 Å². The number of nitrogens with zero attached hydrogens (tertiary/aromatic N) is 3. The minimum Gasteiger partial charge on any atom is -0.359 e. The van der Waals surface area contributed by atoms with Gasteiger partial charge in [-0.1, -0.05) is 5.16 Å². The van der Waals surface area contributed by atoms with Crippen molar-refractivity contribution in [3.05, 3.63) is 44.9 Å². The molecule has 0 N–H and O–H groups in total. The van der Waals surface area contributed by atoms with Crippen LogP contribution in [0.4, 0.5) is 0 Å². The molecule has 2 aromatic heterocycles. The Morgan fingerprint density at radius 3 is 3.07 bits per heavy atom. The first kappa shape index (κ1) is 10.1. The van der Waals surface area contributed by atoms with Crippen LogP contribution in [0, 0.1) is 6.92 Å². The lowest BCUT2D eigenvalue weighted by Crippen LogP contribution is -2.22. The van der Waals surface area contributed by atoms with Crippen LogP contribution in [0.2, 0.25) is 0 Å². The van der Waals surface area contributed by atoms with Gasteiger partial charge in [-0.15, -0.1) is 0 Å². The minimum atomic E-state index is -0.126. The van der Waals surface area contributed by atoms with Gasteiger partial charge in [0, 0.05) is 6.07 Å². The highest BCUT2D eigenvalue weighted by Gasteiger charge is 2.06. The Hall–Kier alpha value is -1.43. The van der Waals surface area contributed by atoms with Crippen LogP contribution >= 0.6 is 15.9 Å². The molecule has 0 atom stereocenters. The Morgan fingerprint density at radius 1 is 1.60 bits per heavy atom. The average molecular weight is 270 g/mol. The molecule has 0 saturated heterocycles. The number of rotatable bonds is 2. The molecular weight excluding hydrogens is 262 g/mol. The fourth-order valence-corrected chi connectivity index (χ4v) is 1.48. The predicted octanol–water partition coefficient (Wildman–Crippen LogP) is 1.35. The van der Waals surface area contributed by atoms with Crippen LogP contribution in [-0.4, -0.2) is 14.7 Å². The summed E-state index contributed by atoms with van der Waals surface area (Å²) in [6, 6.07) is 1.71. The first-order chi connectivity index (χ1) is 7.18. The van der Waals surface area contributed by atoms with Crippen LogP contribution in [0.1, 0.15) is 11.5 Å². The zero-order valence-corrected chi connectivity index (χ0v) is 9.56. The van der Waals surface area contributed by atoms with E-state index < -0.39 is 0 Å². The molecule has 0 radical (unpaired) electrons. The summed E-state index contributed by atoms with van der Waals surface area (Å²) in [6.07, 6.45) is 3.03. The maximum absolute atomic E-state index is 11.7. The lowest BCUT2D eigenvalue weighted by atomic mass is 10.4. The Bertz CT molecular complexity index is 519. The first-order valence-electron chi connectivity index (χ1n) is 4.29. The number of aromatic nitrogens is 3. The fraction of sp³-hybridized carbons (Fsp3) is 0.222. The van der Waals surface area contributed by atoms with Crippen LogP contribution in [0.3, 0.4) is 0 Å². The van der Waals surface area contributed by atoms with E-state index in [9.17, 15) is 4.79 Å².